The van der Waals surface area contributed by atoms with Crippen LogP contribution in [0.1, 0.15) is 19.8 Å². The van der Waals surface area contributed by atoms with Crippen LogP contribution in [-0.4, -0.2) is 26.2 Å². The number of nitrogens with zero attached hydrogens (tertiary/aromatic N) is 1. The lowest BCUT2D eigenvalue weighted by Gasteiger charge is -2.29. The molecule has 1 N–H and O–H groups in total. The molecule has 0 saturated heterocycles. The highest BCUT2D eigenvalue weighted by atomic mass is 15.2. The van der Waals surface area contributed by atoms with Crippen LogP contribution in [0, 0.1) is 5.92 Å². The van der Waals surface area contributed by atoms with E-state index in [9.17, 15) is 0 Å². The van der Waals surface area contributed by atoms with Gasteiger partial charge in [0.05, 0.1) is 0 Å². The fourth-order valence-electron chi connectivity index (χ4n) is 3.09. The number of nitrogens with one attached hydrogen (secondary N) is 1. The highest BCUT2D eigenvalue weighted by Crippen LogP contribution is 2.34. The lowest BCUT2D eigenvalue weighted by Crippen LogP contribution is -2.41. The van der Waals surface area contributed by atoms with E-state index in [2.05, 4.69) is 66.7 Å². The summed E-state index contributed by atoms with van der Waals surface area (Å²) in [5, 5.41) is 6.20. The highest BCUT2D eigenvalue weighted by molar-refractivity contribution is 5.94. The Labute approximate surface area is 121 Å². The maximum Gasteiger partial charge on any atom is 0.0446 e. The van der Waals surface area contributed by atoms with Crippen molar-refractivity contribution in [2.24, 2.45) is 5.92 Å². The van der Waals surface area contributed by atoms with Crippen molar-refractivity contribution in [2.45, 2.75) is 25.8 Å². The molecule has 1 unspecified atom stereocenters. The Hall–Kier alpha value is -1.54. The Kier molecular flexibility index (Phi) is 3.93. The molecule has 0 bridgehead atoms. The fraction of sp³-hybridized carbons (Fsp3) is 0.444. The van der Waals surface area contributed by atoms with Crippen molar-refractivity contribution in [1.29, 1.82) is 0 Å². The van der Waals surface area contributed by atoms with Gasteiger partial charge in [-0.25, -0.2) is 0 Å². The molecule has 0 radical (unpaired) electrons. The second-order valence-electron chi connectivity index (χ2n) is 5.77. The van der Waals surface area contributed by atoms with E-state index in [1.807, 2.05) is 0 Å². The number of benzene rings is 2. The molecule has 1 saturated carbocycles. The van der Waals surface area contributed by atoms with E-state index in [-0.39, 0.29) is 0 Å². The third-order valence-corrected chi connectivity index (χ3v) is 4.47. The van der Waals surface area contributed by atoms with Gasteiger partial charge >= 0.3 is 0 Å². The number of fused-ring (bicyclic) bond motifs is 1. The summed E-state index contributed by atoms with van der Waals surface area (Å²) in [7, 11) is 2.10. The van der Waals surface area contributed by atoms with Crippen molar-refractivity contribution in [3.63, 3.8) is 0 Å². The number of rotatable bonds is 6. The summed E-state index contributed by atoms with van der Waals surface area (Å²) in [5.41, 5.74) is 1.37. The molecule has 0 heterocycles. The molecule has 0 aromatic heterocycles. The molecule has 2 aromatic rings. The zero-order chi connectivity index (χ0) is 13.9. The van der Waals surface area contributed by atoms with Crippen LogP contribution in [-0.2, 0) is 0 Å². The molecule has 3 rings (SSSR count). The lowest BCUT2D eigenvalue weighted by molar-refractivity contribution is 0.496. The molecule has 0 spiro atoms. The smallest absolute Gasteiger partial charge is 0.0446 e. The molecule has 2 aromatic carbocycles. The average molecular weight is 268 g/mol. The van der Waals surface area contributed by atoms with Crippen molar-refractivity contribution in [2.75, 3.05) is 25.0 Å². The normalized spacial score (nSPS) is 16.3. The molecule has 106 valence electrons. The van der Waals surface area contributed by atoms with Gasteiger partial charge < -0.3 is 10.2 Å². The largest absolute Gasteiger partial charge is 0.370 e. The number of hydrogen-bond acceptors (Lipinski definition) is 2. The SMILES string of the molecule is CCN(CC(NC)C1CC1)c1cccc2ccccc12. The third kappa shape index (κ3) is 2.66. The quantitative estimate of drug-likeness (QED) is 0.860. The molecule has 0 amide bonds. The summed E-state index contributed by atoms with van der Waals surface area (Å²) < 4.78 is 0. The van der Waals surface area contributed by atoms with Crippen LogP contribution < -0.4 is 10.2 Å². The van der Waals surface area contributed by atoms with Crippen LogP contribution >= 0.6 is 0 Å². The Morgan fingerprint density at radius 1 is 1.15 bits per heavy atom. The Balaban J connectivity index is 1.90. The van der Waals surface area contributed by atoms with E-state index < -0.39 is 0 Å². The summed E-state index contributed by atoms with van der Waals surface area (Å²) >= 11 is 0. The van der Waals surface area contributed by atoms with Crippen LogP contribution in [0.5, 0.6) is 0 Å². The van der Waals surface area contributed by atoms with E-state index in [1.54, 1.807) is 0 Å². The van der Waals surface area contributed by atoms with Gasteiger partial charge in [-0.1, -0.05) is 36.4 Å². The topological polar surface area (TPSA) is 15.3 Å². The molecule has 0 aliphatic heterocycles. The predicted molar refractivity (Wildman–Crippen MR) is 87.4 cm³/mol. The van der Waals surface area contributed by atoms with Crippen molar-refractivity contribution in [3.8, 4) is 0 Å². The number of hydrogen-bond donors (Lipinski definition) is 1. The zero-order valence-corrected chi connectivity index (χ0v) is 12.5. The average Bonchev–Trinajstić information content (AvgIpc) is 3.33. The lowest BCUT2D eigenvalue weighted by atomic mass is 10.1. The first kappa shape index (κ1) is 13.4. The first-order valence-corrected chi connectivity index (χ1v) is 7.73. The van der Waals surface area contributed by atoms with E-state index in [0.29, 0.717) is 6.04 Å². The van der Waals surface area contributed by atoms with Gasteiger partial charge in [0.2, 0.25) is 0 Å². The van der Waals surface area contributed by atoms with Gasteiger partial charge in [0.1, 0.15) is 0 Å². The Bertz CT molecular complexity index is 569. The molecule has 2 heteroatoms. The second-order valence-corrected chi connectivity index (χ2v) is 5.77. The minimum Gasteiger partial charge on any atom is -0.370 e. The Morgan fingerprint density at radius 2 is 1.90 bits per heavy atom. The summed E-state index contributed by atoms with van der Waals surface area (Å²) in [6.07, 6.45) is 2.77. The van der Waals surface area contributed by atoms with Gasteiger partial charge in [-0.05, 0) is 44.2 Å². The first-order valence-electron chi connectivity index (χ1n) is 7.73. The zero-order valence-electron chi connectivity index (χ0n) is 12.5. The molecule has 1 aliphatic rings. The maximum absolute atomic E-state index is 3.50. The summed E-state index contributed by atoms with van der Waals surface area (Å²) in [6.45, 7) is 4.41. The molecule has 20 heavy (non-hydrogen) atoms. The summed E-state index contributed by atoms with van der Waals surface area (Å²) in [5.74, 6) is 0.879. The van der Waals surface area contributed by atoms with Gasteiger partial charge in [-0.15, -0.1) is 0 Å². The van der Waals surface area contributed by atoms with Gasteiger partial charge in [-0.3, -0.25) is 0 Å². The van der Waals surface area contributed by atoms with Gasteiger partial charge in [0, 0.05) is 30.2 Å². The minimum atomic E-state index is 0.619. The third-order valence-electron chi connectivity index (χ3n) is 4.47. The monoisotopic (exact) mass is 268 g/mol. The molecule has 2 nitrogen and oxygen atoms in total. The van der Waals surface area contributed by atoms with Crippen LogP contribution in [0.4, 0.5) is 5.69 Å². The molecular formula is C18H24N2. The maximum atomic E-state index is 3.50. The summed E-state index contributed by atoms with van der Waals surface area (Å²) in [4.78, 5) is 2.52. The van der Waals surface area contributed by atoms with Crippen LogP contribution in [0.25, 0.3) is 10.8 Å². The standard InChI is InChI=1S/C18H24N2/c1-3-20(13-17(19-2)15-11-12-15)18-10-6-8-14-7-4-5-9-16(14)18/h4-10,15,17,19H,3,11-13H2,1-2H3. The van der Waals surface area contributed by atoms with Crippen LogP contribution in [0.2, 0.25) is 0 Å². The predicted octanol–water partition coefficient (Wildman–Crippen LogP) is 3.66. The highest BCUT2D eigenvalue weighted by Gasteiger charge is 2.31. The van der Waals surface area contributed by atoms with Gasteiger partial charge in [-0.2, -0.15) is 0 Å². The van der Waals surface area contributed by atoms with Crippen molar-refractivity contribution in [1.82, 2.24) is 5.32 Å². The van der Waals surface area contributed by atoms with E-state index in [0.717, 1.165) is 19.0 Å². The van der Waals surface area contributed by atoms with Crippen molar-refractivity contribution < 1.29 is 0 Å². The Morgan fingerprint density at radius 3 is 2.60 bits per heavy atom. The van der Waals surface area contributed by atoms with E-state index in [1.165, 1.54) is 29.3 Å². The molecule has 1 fully saturated rings. The summed E-state index contributed by atoms with van der Waals surface area (Å²) in [6, 6.07) is 15.9. The van der Waals surface area contributed by atoms with E-state index in [4.69, 9.17) is 0 Å². The fourth-order valence-corrected chi connectivity index (χ4v) is 3.09. The van der Waals surface area contributed by atoms with Gasteiger partial charge in [0.25, 0.3) is 0 Å². The molecule has 1 aliphatic carbocycles. The first-order chi connectivity index (χ1) is 9.83. The number of anilines is 1. The van der Waals surface area contributed by atoms with Crippen LogP contribution in [0.15, 0.2) is 42.5 Å². The van der Waals surface area contributed by atoms with Crippen molar-refractivity contribution >= 4 is 16.5 Å². The van der Waals surface area contributed by atoms with E-state index >= 15 is 0 Å². The van der Waals surface area contributed by atoms with Gasteiger partial charge in [0.15, 0.2) is 0 Å². The van der Waals surface area contributed by atoms with Crippen molar-refractivity contribution in [3.05, 3.63) is 42.5 Å². The second kappa shape index (κ2) is 5.84. The molecular weight excluding hydrogens is 244 g/mol. The molecule has 1 atom stereocenters. The van der Waals surface area contributed by atoms with Crippen LogP contribution in [0.3, 0.4) is 0 Å². The minimum absolute atomic E-state index is 0.619. The number of likely N-dealkylation sites (N-methyl/N-ethyl adjacent to an activating group) is 2.